The summed E-state index contributed by atoms with van der Waals surface area (Å²) in [7, 11) is 0. The molecule has 29 heavy (non-hydrogen) atoms. The number of nitrogens with zero attached hydrogens (tertiary/aromatic N) is 2. The van der Waals surface area contributed by atoms with E-state index in [2.05, 4.69) is 23.5 Å². The number of aromatic nitrogens is 1. The molecular formula is C23H29N3O3. The fourth-order valence-electron chi connectivity index (χ4n) is 4.34. The molecule has 2 aliphatic rings. The first kappa shape index (κ1) is 19.6. The number of anilines is 1. The Hall–Kier alpha value is -2.76. The van der Waals surface area contributed by atoms with Crippen molar-refractivity contribution >= 4 is 11.8 Å². The van der Waals surface area contributed by atoms with Gasteiger partial charge in [0, 0.05) is 49.5 Å². The Kier molecular flexibility index (Phi) is 5.11. The molecule has 154 valence electrons. The Morgan fingerprint density at radius 1 is 1.14 bits per heavy atom. The van der Waals surface area contributed by atoms with Crippen molar-refractivity contribution in [3.63, 3.8) is 0 Å². The lowest BCUT2D eigenvalue weighted by Gasteiger charge is -2.43. The van der Waals surface area contributed by atoms with Gasteiger partial charge in [-0.3, -0.25) is 4.79 Å². The Labute approximate surface area is 171 Å². The van der Waals surface area contributed by atoms with Crippen LogP contribution >= 0.6 is 0 Å². The molecule has 0 spiro atoms. The Morgan fingerprint density at radius 2 is 1.90 bits per heavy atom. The third kappa shape index (κ3) is 4.47. The lowest BCUT2D eigenvalue weighted by atomic mass is 9.83. The van der Waals surface area contributed by atoms with Crippen LogP contribution in [0.5, 0.6) is 0 Å². The first-order valence-corrected chi connectivity index (χ1v) is 10.3. The van der Waals surface area contributed by atoms with Crippen molar-refractivity contribution in [1.29, 1.82) is 0 Å². The number of piperidine rings is 1. The number of fused-ring (bicyclic) bond motifs is 4. The number of hydrogen-bond donors (Lipinski definition) is 1. The predicted molar refractivity (Wildman–Crippen MR) is 113 cm³/mol. The molecule has 0 unspecified atom stereocenters. The van der Waals surface area contributed by atoms with Gasteiger partial charge in [0.25, 0.3) is 5.56 Å². The van der Waals surface area contributed by atoms with Crippen molar-refractivity contribution in [3.05, 3.63) is 64.1 Å². The number of pyridine rings is 1. The lowest BCUT2D eigenvalue weighted by molar-refractivity contribution is 0.0102. The Balaban J connectivity index is 1.53. The Morgan fingerprint density at radius 3 is 2.62 bits per heavy atom. The van der Waals surface area contributed by atoms with Crippen LogP contribution < -0.4 is 10.9 Å². The molecular weight excluding hydrogens is 366 g/mol. The van der Waals surface area contributed by atoms with Crippen LogP contribution in [0.3, 0.4) is 0 Å². The number of carbonyl (C=O) groups excluding carboxylic acids is 1. The van der Waals surface area contributed by atoms with Crippen molar-refractivity contribution in [2.24, 2.45) is 5.92 Å². The van der Waals surface area contributed by atoms with Gasteiger partial charge in [0.1, 0.15) is 5.60 Å². The van der Waals surface area contributed by atoms with Gasteiger partial charge in [-0.15, -0.1) is 0 Å². The molecule has 6 heteroatoms. The summed E-state index contributed by atoms with van der Waals surface area (Å²) in [5, 5.41) is 3.37. The average Bonchev–Trinajstić information content (AvgIpc) is 2.67. The molecule has 2 aliphatic heterocycles. The summed E-state index contributed by atoms with van der Waals surface area (Å²) in [6, 6.07) is 13.9. The van der Waals surface area contributed by atoms with Crippen LogP contribution in [0.25, 0.3) is 0 Å². The maximum atomic E-state index is 12.7. The zero-order valence-corrected chi connectivity index (χ0v) is 17.4. The number of rotatable bonds is 3. The summed E-state index contributed by atoms with van der Waals surface area (Å²) >= 11 is 0. The highest BCUT2D eigenvalue weighted by Gasteiger charge is 2.38. The zero-order chi connectivity index (χ0) is 20.6. The van der Waals surface area contributed by atoms with Gasteiger partial charge in [-0.25, -0.2) is 4.79 Å². The minimum absolute atomic E-state index is 0.0264. The summed E-state index contributed by atoms with van der Waals surface area (Å²) < 4.78 is 7.46. The van der Waals surface area contributed by atoms with Crippen LogP contribution in [0.15, 0.2) is 47.3 Å². The molecule has 3 heterocycles. The third-order valence-electron chi connectivity index (χ3n) is 5.55. The molecule has 1 aromatic carbocycles. The summed E-state index contributed by atoms with van der Waals surface area (Å²) in [5.74, 6) is 0.441. The van der Waals surface area contributed by atoms with E-state index in [0.29, 0.717) is 26.2 Å². The molecule has 2 atom stereocenters. The van der Waals surface area contributed by atoms with Gasteiger partial charge in [0.05, 0.1) is 0 Å². The van der Waals surface area contributed by atoms with Crippen molar-refractivity contribution in [2.45, 2.75) is 51.8 Å². The highest BCUT2D eigenvalue weighted by atomic mass is 16.6. The van der Waals surface area contributed by atoms with E-state index in [1.165, 1.54) is 5.56 Å². The SMILES string of the molecule is CC(C)(C)OC(=O)N1C[C@@H]2C[C@H](C1)c1cc(NCc3ccccc3)cc(=O)n1C2. The van der Waals surface area contributed by atoms with E-state index >= 15 is 0 Å². The van der Waals surface area contributed by atoms with Crippen LogP contribution in [0.2, 0.25) is 0 Å². The fraction of sp³-hybridized carbons (Fsp3) is 0.478. The molecule has 0 radical (unpaired) electrons. The van der Waals surface area contributed by atoms with Gasteiger partial charge in [0.15, 0.2) is 0 Å². The predicted octanol–water partition coefficient (Wildman–Crippen LogP) is 3.81. The number of ether oxygens (including phenoxy) is 1. The second-order valence-electron chi connectivity index (χ2n) is 9.14. The first-order valence-electron chi connectivity index (χ1n) is 10.3. The molecule has 2 bridgehead atoms. The molecule has 1 fully saturated rings. The van der Waals surface area contributed by atoms with E-state index in [-0.39, 0.29) is 23.5 Å². The second kappa shape index (κ2) is 7.58. The van der Waals surface area contributed by atoms with Gasteiger partial charge < -0.3 is 19.5 Å². The van der Waals surface area contributed by atoms with Crippen LogP contribution in [0, 0.1) is 5.92 Å². The number of amides is 1. The van der Waals surface area contributed by atoms with Crippen molar-refractivity contribution in [3.8, 4) is 0 Å². The smallest absolute Gasteiger partial charge is 0.410 e. The minimum Gasteiger partial charge on any atom is -0.444 e. The van der Waals surface area contributed by atoms with E-state index in [4.69, 9.17) is 4.74 Å². The monoisotopic (exact) mass is 395 g/mol. The molecule has 6 nitrogen and oxygen atoms in total. The molecule has 1 saturated heterocycles. The van der Waals surface area contributed by atoms with E-state index in [0.717, 1.165) is 17.8 Å². The van der Waals surface area contributed by atoms with Crippen molar-refractivity contribution in [1.82, 2.24) is 9.47 Å². The molecule has 4 rings (SSSR count). The van der Waals surface area contributed by atoms with Gasteiger partial charge in [-0.2, -0.15) is 0 Å². The largest absolute Gasteiger partial charge is 0.444 e. The van der Waals surface area contributed by atoms with Gasteiger partial charge >= 0.3 is 6.09 Å². The summed E-state index contributed by atoms with van der Waals surface area (Å²) in [4.78, 5) is 27.1. The van der Waals surface area contributed by atoms with Crippen molar-refractivity contribution in [2.75, 3.05) is 18.4 Å². The zero-order valence-electron chi connectivity index (χ0n) is 17.4. The molecule has 0 saturated carbocycles. The van der Waals surface area contributed by atoms with E-state index in [1.54, 1.807) is 6.07 Å². The van der Waals surface area contributed by atoms with Crippen LogP contribution in [0.1, 0.15) is 44.4 Å². The van der Waals surface area contributed by atoms with Gasteiger partial charge in [0.2, 0.25) is 0 Å². The summed E-state index contributed by atoms with van der Waals surface area (Å²) in [6.45, 7) is 8.21. The molecule has 1 N–H and O–H groups in total. The average molecular weight is 396 g/mol. The lowest BCUT2D eigenvalue weighted by Crippen LogP contribution is -2.50. The van der Waals surface area contributed by atoms with Crippen LogP contribution in [-0.2, 0) is 17.8 Å². The minimum atomic E-state index is -0.507. The van der Waals surface area contributed by atoms with Crippen LogP contribution in [0.4, 0.5) is 10.5 Å². The number of benzene rings is 1. The van der Waals surface area contributed by atoms with E-state index in [1.807, 2.05) is 48.4 Å². The molecule has 1 aromatic heterocycles. The molecule has 2 aromatic rings. The van der Waals surface area contributed by atoms with Gasteiger partial charge in [-0.05, 0) is 44.7 Å². The maximum Gasteiger partial charge on any atom is 0.410 e. The third-order valence-corrected chi connectivity index (χ3v) is 5.55. The first-order chi connectivity index (χ1) is 13.8. The molecule has 0 aliphatic carbocycles. The van der Waals surface area contributed by atoms with Crippen molar-refractivity contribution < 1.29 is 9.53 Å². The quantitative estimate of drug-likeness (QED) is 0.858. The maximum absolute atomic E-state index is 12.7. The van der Waals surface area contributed by atoms with Crippen LogP contribution in [-0.4, -0.2) is 34.3 Å². The second-order valence-corrected chi connectivity index (χ2v) is 9.14. The standard InChI is InChI=1S/C23H29N3O3/c1-23(2,3)29-22(28)25-13-17-9-18(15-25)20-10-19(11-21(27)26(20)14-17)24-12-16-7-5-4-6-8-16/h4-8,10-11,17-18,24H,9,12-15H2,1-3H3/t17-,18+/m0/s1. The normalized spacial score (nSPS) is 20.7. The topological polar surface area (TPSA) is 63.6 Å². The van der Waals surface area contributed by atoms with E-state index < -0.39 is 5.60 Å². The number of nitrogens with one attached hydrogen (secondary N) is 1. The van der Waals surface area contributed by atoms with E-state index in [9.17, 15) is 9.59 Å². The summed E-state index contributed by atoms with van der Waals surface area (Å²) in [5.41, 5.74) is 2.53. The molecule has 1 amide bonds. The van der Waals surface area contributed by atoms with Gasteiger partial charge in [-0.1, -0.05) is 30.3 Å². The number of hydrogen-bond acceptors (Lipinski definition) is 4. The summed E-state index contributed by atoms with van der Waals surface area (Å²) in [6.07, 6.45) is 0.738. The number of carbonyl (C=O) groups is 1. The highest BCUT2D eigenvalue weighted by molar-refractivity contribution is 5.68. The number of likely N-dealkylation sites (tertiary alicyclic amines) is 1. The fourth-order valence-corrected chi connectivity index (χ4v) is 4.34. The highest BCUT2D eigenvalue weighted by Crippen LogP contribution is 2.36. The Bertz CT molecular complexity index is 946.